The Morgan fingerprint density at radius 1 is 1.23 bits per heavy atom. The number of nitrogens with two attached hydrogens (primary N) is 1. The zero-order valence-corrected chi connectivity index (χ0v) is 16.9. The first-order valence-electron chi connectivity index (χ1n) is 9.59. The van der Waals surface area contributed by atoms with Crippen molar-refractivity contribution in [2.75, 3.05) is 11.1 Å². The first-order valence-corrected chi connectivity index (χ1v) is 9.59. The van der Waals surface area contributed by atoms with Crippen LogP contribution < -0.4 is 16.6 Å². The van der Waals surface area contributed by atoms with Gasteiger partial charge >= 0.3 is 0 Å². The molecular formula is C23H19FN6O. The second-order valence-corrected chi connectivity index (χ2v) is 7.20. The normalized spacial score (nSPS) is 11.8. The van der Waals surface area contributed by atoms with E-state index in [2.05, 4.69) is 15.3 Å². The van der Waals surface area contributed by atoms with Crippen molar-refractivity contribution in [3.05, 3.63) is 87.7 Å². The van der Waals surface area contributed by atoms with Crippen molar-refractivity contribution in [3.63, 3.8) is 0 Å². The Balaban J connectivity index is 1.95. The average molecular weight is 414 g/mol. The molecule has 0 aliphatic heterocycles. The number of hydrogen-bond acceptors (Lipinski definition) is 6. The van der Waals surface area contributed by atoms with Crippen LogP contribution in [0.5, 0.6) is 0 Å². The van der Waals surface area contributed by atoms with Crippen LogP contribution in [0.2, 0.25) is 0 Å². The Bertz CT molecular complexity index is 1410. The van der Waals surface area contributed by atoms with Crippen LogP contribution in [0.1, 0.15) is 29.8 Å². The molecule has 2 aromatic carbocycles. The summed E-state index contributed by atoms with van der Waals surface area (Å²) in [7, 11) is 0. The van der Waals surface area contributed by atoms with E-state index in [1.807, 2.05) is 44.2 Å². The van der Waals surface area contributed by atoms with E-state index < -0.39 is 11.9 Å². The third-order valence-electron chi connectivity index (χ3n) is 5.07. The number of anilines is 2. The van der Waals surface area contributed by atoms with E-state index in [0.717, 1.165) is 10.9 Å². The van der Waals surface area contributed by atoms with Crippen LogP contribution in [0, 0.1) is 24.1 Å². The molecule has 3 N–H and O–H groups in total. The van der Waals surface area contributed by atoms with Gasteiger partial charge in [-0.1, -0.05) is 24.3 Å². The molecule has 0 bridgehead atoms. The molecule has 2 heterocycles. The van der Waals surface area contributed by atoms with Gasteiger partial charge in [0.1, 0.15) is 23.3 Å². The minimum Gasteiger partial charge on any atom is -0.368 e. The maximum atomic E-state index is 14.0. The van der Waals surface area contributed by atoms with Gasteiger partial charge in [-0.25, -0.2) is 9.37 Å². The minimum absolute atomic E-state index is 0.0188. The Kier molecular flexibility index (Phi) is 5.09. The lowest BCUT2D eigenvalue weighted by Gasteiger charge is -2.22. The second-order valence-electron chi connectivity index (χ2n) is 7.20. The van der Waals surface area contributed by atoms with Gasteiger partial charge in [-0.2, -0.15) is 10.2 Å². The van der Waals surface area contributed by atoms with E-state index >= 15 is 0 Å². The first kappa shape index (κ1) is 20.0. The second kappa shape index (κ2) is 7.88. The fourth-order valence-electron chi connectivity index (χ4n) is 3.62. The third-order valence-corrected chi connectivity index (χ3v) is 5.07. The van der Waals surface area contributed by atoms with E-state index in [4.69, 9.17) is 5.73 Å². The SMILES string of the molecule is Cc1cccc2cc(C(C)Nc3nc(N)ncc3C#N)n(-c3cccc(F)c3)c(=O)c12. The Hall–Kier alpha value is -4.25. The topological polar surface area (TPSA) is 110 Å². The van der Waals surface area contributed by atoms with Crippen LogP contribution in [0.25, 0.3) is 16.5 Å². The number of pyridine rings is 1. The molecule has 2 aromatic heterocycles. The largest absolute Gasteiger partial charge is 0.368 e. The Morgan fingerprint density at radius 2 is 2.00 bits per heavy atom. The first-order chi connectivity index (χ1) is 14.9. The quantitative estimate of drug-likeness (QED) is 0.525. The number of aromatic nitrogens is 3. The van der Waals surface area contributed by atoms with Crippen LogP contribution >= 0.6 is 0 Å². The zero-order chi connectivity index (χ0) is 22.1. The van der Waals surface area contributed by atoms with E-state index in [9.17, 15) is 14.4 Å². The highest BCUT2D eigenvalue weighted by atomic mass is 19.1. The molecule has 0 saturated carbocycles. The minimum atomic E-state index is -0.470. The number of nitrogens with one attached hydrogen (secondary N) is 1. The van der Waals surface area contributed by atoms with Gasteiger partial charge in [0.2, 0.25) is 5.95 Å². The van der Waals surface area contributed by atoms with Gasteiger partial charge in [0.25, 0.3) is 5.56 Å². The highest BCUT2D eigenvalue weighted by molar-refractivity contribution is 5.85. The zero-order valence-electron chi connectivity index (χ0n) is 16.9. The number of aryl methyl sites for hydroxylation is 1. The lowest BCUT2D eigenvalue weighted by Crippen LogP contribution is -2.26. The molecule has 0 saturated heterocycles. The number of rotatable bonds is 4. The van der Waals surface area contributed by atoms with Crippen LogP contribution in [-0.4, -0.2) is 14.5 Å². The van der Waals surface area contributed by atoms with Gasteiger partial charge in [0, 0.05) is 5.69 Å². The smallest absolute Gasteiger partial charge is 0.263 e. The summed E-state index contributed by atoms with van der Waals surface area (Å²) in [4.78, 5) is 21.5. The Morgan fingerprint density at radius 3 is 2.74 bits per heavy atom. The van der Waals surface area contributed by atoms with Crippen molar-refractivity contribution in [1.29, 1.82) is 5.26 Å². The van der Waals surface area contributed by atoms with Crippen LogP contribution in [0.3, 0.4) is 0 Å². The maximum absolute atomic E-state index is 14.0. The van der Waals surface area contributed by atoms with Crippen LogP contribution in [0.4, 0.5) is 16.2 Å². The lowest BCUT2D eigenvalue weighted by molar-refractivity contribution is 0.625. The van der Waals surface area contributed by atoms with Crippen molar-refractivity contribution >= 4 is 22.5 Å². The number of nitrogen functional groups attached to an aromatic ring is 1. The lowest BCUT2D eigenvalue weighted by atomic mass is 10.0. The summed E-state index contributed by atoms with van der Waals surface area (Å²) < 4.78 is 15.5. The fraction of sp³-hybridized carbons (Fsp3) is 0.130. The highest BCUT2D eigenvalue weighted by Gasteiger charge is 2.19. The summed E-state index contributed by atoms with van der Waals surface area (Å²) in [5.41, 5.74) is 7.46. The molecule has 0 aliphatic rings. The molecule has 0 fully saturated rings. The Labute approximate surface area is 177 Å². The number of hydrogen-bond donors (Lipinski definition) is 2. The van der Waals surface area contributed by atoms with Crippen molar-refractivity contribution in [2.45, 2.75) is 19.9 Å². The predicted octanol–water partition coefficient (Wildman–Crippen LogP) is 3.86. The fourth-order valence-corrected chi connectivity index (χ4v) is 3.62. The number of benzene rings is 2. The molecule has 7 nitrogen and oxygen atoms in total. The molecule has 8 heteroatoms. The molecule has 31 heavy (non-hydrogen) atoms. The third kappa shape index (κ3) is 3.69. The van der Waals surface area contributed by atoms with Gasteiger partial charge in [-0.05, 0) is 49.1 Å². The van der Waals surface area contributed by atoms with Gasteiger partial charge < -0.3 is 11.1 Å². The van der Waals surface area contributed by atoms with E-state index in [0.29, 0.717) is 16.8 Å². The van der Waals surface area contributed by atoms with Crippen molar-refractivity contribution in [3.8, 4) is 11.8 Å². The van der Waals surface area contributed by atoms with Gasteiger partial charge in [-0.3, -0.25) is 9.36 Å². The molecule has 0 aliphatic carbocycles. The molecule has 0 amide bonds. The van der Waals surface area contributed by atoms with E-state index in [1.165, 1.54) is 22.9 Å². The molecule has 4 rings (SSSR count). The summed E-state index contributed by atoms with van der Waals surface area (Å²) in [6.45, 7) is 3.69. The van der Waals surface area contributed by atoms with E-state index in [1.54, 1.807) is 12.1 Å². The molecule has 154 valence electrons. The number of halogens is 1. The monoisotopic (exact) mass is 414 g/mol. The van der Waals surface area contributed by atoms with Crippen LogP contribution in [0.15, 0.2) is 59.5 Å². The number of nitrogens with zero attached hydrogens (tertiary/aromatic N) is 4. The molecule has 0 spiro atoms. The maximum Gasteiger partial charge on any atom is 0.263 e. The average Bonchev–Trinajstić information content (AvgIpc) is 2.73. The summed E-state index contributed by atoms with van der Waals surface area (Å²) in [5.74, 6) is -0.174. The number of nitriles is 1. The van der Waals surface area contributed by atoms with Crippen LogP contribution in [-0.2, 0) is 0 Å². The molecule has 0 radical (unpaired) electrons. The standard InChI is InChI=1S/C23H19FN6O/c1-13-5-3-6-15-9-19(14(2)28-21-16(11-25)12-27-23(26)29-21)30(22(31)20(13)15)18-8-4-7-17(24)10-18/h3-10,12,14H,1-2H3,(H3,26,27,28,29). The summed E-state index contributed by atoms with van der Waals surface area (Å²) in [5, 5.41) is 13.8. The molecule has 1 atom stereocenters. The molecular weight excluding hydrogens is 395 g/mol. The van der Waals surface area contributed by atoms with Gasteiger partial charge in [0.15, 0.2) is 0 Å². The highest BCUT2D eigenvalue weighted by Crippen LogP contribution is 2.26. The summed E-state index contributed by atoms with van der Waals surface area (Å²) in [6.07, 6.45) is 1.33. The molecule has 1 unspecified atom stereocenters. The predicted molar refractivity (Wildman–Crippen MR) is 117 cm³/mol. The van der Waals surface area contributed by atoms with Gasteiger partial charge in [0.05, 0.1) is 23.3 Å². The van der Waals surface area contributed by atoms with Crippen molar-refractivity contribution in [1.82, 2.24) is 14.5 Å². The van der Waals surface area contributed by atoms with E-state index in [-0.39, 0.29) is 22.9 Å². The molecule has 4 aromatic rings. The van der Waals surface area contributed by atoms with Crippen molar-refractivity contribution in [2.24, 2.45) is 0 Å². The summed E-state index contributed by atoms with van der Waals surface area (Å²) >= 11 is 0. The summed E-state index contributed by atoms with van der Waals surface area (Å²) in [6, 6.07) is 14.9. The number of fused-ring (bicyclic) bond motifs is 1. The van der Waals surface area contributed by atoms with Gasteiger partial charge in [-0.15, -0.1) is 0 Å². The van der Waals surface area contributed by atoms with Crippen molar-refractivity contribution < 1.29 is 4.39 Å².